The first-order chi connectivity index (χ1) is 16.6. The van der Waals surface area contributed by atoms with Gasteiger partial charge in [-0.3, -0.25) is 14.6 Å². The first-order valence-electron chi connectivity index (χ1n) is 11.7. The first-order valence-corrected chi connectivity index (χ1v) is 11.7. The topological polar surface area (TPSA) is 71.6 Å². The molecule has 0 bridgehead atoms. The van der Waals surface area contributed by atoms with Gasteiger partial charge in [0.2, 0.25) is 12.2 Å². The largest absolute Gasteiger partial charge is 0.497 e. The lowest BCUT2D eigenvalue weighted by molar-refractivity contribution is -0.129. The molecule has 0 N–H and O–H groups in total. The highest BCUT2D eigenvalue weighted by Crippen LogP contribution is 2.30. The zero-order valence-corrected chi connectivity index (χ0v) is 19.3. The molecule has 0 radical (unpaired) electrons. The molecule has 0 aromatic heterocycles. The third-order valence-corrected chi connectivity index (χ3v) is 6.74. The number of hydrogen-bond acceptors (Lipinski definition) is 6. The van der Waals surface area contributed by atoms with Crippen molar-refractivity contribution in [2.24, 2.45) is 5.92 Å². The molecule has 3 aliphatic rings. The molecule has 0 spiro atoms. The number of methoxy groups -OCH3 is 1. The van der Waals surface area contributed by atoms with Crippen molar-refractivity contribution in [1.29, 1.82) is 0 Å². The Morgan fingerprint density at radius 3 is 2.18 bits per heavy atom. The quantitative estimate of drug-likeness (QED) is 0.642. The van der Waals surface area contributed by atoms with Crippen molar-refractivity contribution in [1.82, 2.24) is 4.90 Å². The van der Waals surface area contributed by atoms with Crippen LogP contribution in [0.25, 0.3) is 0 Å². The van der Waals surface area contributed by atoms with Gasteiger partial charge in [-0.25, -0.2) is 4.79 Å². The van der Waals surface area contributed by atoms with Crippen LogP contribution < -0.4 is 14.5 Å². The molecule has 0 aliphatic carbocycles. The maximum Gasteiger partial charge on any atom is 0.331 e. The van der Waals surface area contributed by atoms with Crippen molar-refractivity contribution in [2.75, 3.05) is 36.5 Å². The van der Waals surface area contributed by atoms with Gasteiger partial charge in [0.05, 0.1) is 13.7 Å². The molecular formula is C26H29N3O5. The number of hydrogen-bond donors (Lipinski definition) is 0. The van der Waals surface area contributed by atoms with Crippen LogP contribution in [0.3, 0.4) is 0 Å². The minimum absolute atomic E-state index is 0.151. The predicted molar refractivity (Wildman–Crippen MR) is 127 cm³/mol. The van der Waals surface area contributed by atoms with Gasteiger partial charge in [0.25, 0.3) is 0 Å². The lowest BCUT2D eigenvalue weighted by Gasteiger charge is -2.36. The summed E-state index contributed by atoms with van der Waals surface area (Å²) < 4.78 is 16.2. The summed E-state index contributed by atoms with van der Waals surface area (Å²) in [7, 11) is 1.61. The number of imide groups is 1. The Labute approximate surface area is 199 Å². The van der Waals surface area contributed by atoms with E-state index in [0.29, 0.717) is 18.9 Å². The zero-order valence-electron chi connectivity index (χ0n) is 19.3. The Morgan fingerprint density at radius 1 is 0.882 bits per heavy atom. The van der Waals surface area contributed by atoms with Crippen LogP contribution in [0.4, 0.5) is 16.2 Å². The molecule has 0 saturated carbocycles. The van der Waals surface area contributed by atoms with Gasteiger partial charge in [0.1, 0.15) is 18.3 Å². The monoisotopic (exact) mass is 463 g/mol. The van der Waals surface area contributed by atoms with Crippen LogP contribution in [0.2, 0.25) is 0 Å². The molecule has 0 unspecified atom stereocenters. The van der Waals surface area contributed by atoms with Crippen molar-refractivity contribution >= 4 is 23.3 Å². The van der Waals surface area contributed by atoms with Crippen molar-refractivity contribution < 1.29 is 23.8 Å². The summed E-state index contributed by atoms with van der Waals surface area (Å²) in [6, 6.07) is 15.2. The van der Waals surface area contributed by atoms with Crippen molar-refractivity contribution in [3.05, 3.63) is 66.6 Å². The number of ether oxygens (including phenoxy) is 3. The van der Waals surface area contributed by atoms with Crippen LogP contribution in [-0.2, 0) is 20.8 Å². The minimum Gasteiger partial charge on any atom is -0.497 e. The number of anilines is 2. The van der Waals surface area contributed by atoms with Crippen LogP contribution in [0.1, 0.15) is 24.8 Å². The van der Waals surface area contributed by atoms with Gasteiger partial charge in [-0.15, -0.1) is 0 Å². The molecule has 3 aliphatic heterocycles. The summed E-state index contributed by atoms with van der Waals surface area (Å²) in [6.07, 6.45) is 5.38. The normalized spacial score (nSPS) is 19.4. The Kier molecular flexibility index (Phi) is 6.29. The van der Waals surface area contributed by atoms with E-state index in [1.165, 1.54) is 4.90 Å². The molecule has 2 saturated heterocycles. The Hall–Kier alpha value is -3.68. The van der Waals surface area contributed by atoms with Gasteiger partial charge >= 0.3 is 6.03 Å². The van der Waals surface area contributed by atoms with E-state index < -0.39 is 0 Å². The van der Waals surface area contributed by atoms with E-state index >= 15 is 0 Å². The zero-order chi connectivity index (χ0) is 23.5. The van der Waals surface area contributed by atoms with E-state index in [9.17, 15) is 9.59 Å². The maximum atomic E-state index is 13.2. The fourth-order valence-electron chi connectivity index (χ4n) is 4.75. The highest BCUT2D eigenvalue weighted by molar-refractivity contribution is 6.05. The molecule has 5 rings (SSSR count). The Balaban J connectivity index is 1.22. The van der Waals surface area contributed by atoms with Crippen LogP contribution in [-0.4, -0.2) is 49.9 Å². The third kappa shape index (κ3) is 4.53. The third-order valence-electron chi connectivity index (χ3n) is 6.74. The van der Waals surface area contributed by atoms with Gasteiger partial charge in [-0.1, -0.05) is 12.1 Å². The average molecular weight is 464 g/mol. The van der Waals surface area contributed by atoms with Gasteiger partial charge < -0.3 is 19.1 Å². The number of carbonyl (C=O) groups is 2. The van der Waals surface area contributed by atoms with E-state index in [4.69, 9.17) is 14.2 Å². The summed E-state index contributed by atoms with van der Waals surface area (Å²) in [5.74, 6) is 0.982. The van der Waals surface area contributed by atoms with Gasteiger partial charge in [0.15, 0.2) is 0 Å². The fraction of sp³-hybridized carbons (Fsp3) is 0.385. The number of urea groups is 1. The maximum absolute atomic E-state index is 13.2. The van der Waals surface area contributed by atoms with Crippen molar-refractivity contribution in [3.63, 3.8) is 0 Å². The van der Waals surface area contributed by atoms with Crippen LogP contribution in [0.5, 0.6) is 5.75 Å². The van der Waals surface area contributed by atoms with Gasteiger partial charge in [-0.05, 0) is 54.8 Å². The molecular weight excluding hydrogens is 434 g/mol. The number of piperidine rings is 1. The van der Waals surface area contributed by atoms with Crippen LogP contribution in [0, 0.1) is 5.92 Å². The average Bonchev–Trinajstić information content (AvgIpc) is 3.42. The number of benzene rings is 2. The second-order valence-corrected chi connectivity index (χ2v) is 8.77. The SMILES string of the molecule is COc1ccc(CN2C(=O)CCN(c3ccc(N4CCC(C5OC=CO5)CC4)cc3)C2=O)cc1. The minimum atomic E-state index is -0.286. The lowest BCUT2D eigenvalue weighted by atomic mass is 9.95. The summed E-state index contributed by atoms with van der Waals surface area (Å²) in [6.45, 7) is 2.49. The molecule has 178 valence electrons. The molecule has 2 fully saturated rings. The number of nitrogens with zero attached hydrogens (tertiary/aromatic N) is 3. The van der Waals surface area contributed by atoms with E-state index in [0.717, 1.165) is 48.6 Å². The van der Waals surface area contributed by atoms with E-state index in [-0.39, 0.29) is 24.8 Å². The molecule has 3 amide bonds. The molecule has 2 aromatic rings. The molecule has 2 aromatic carbocycles. The summed E-state index contributed by atoms with van der Waals surface area (Å²) in [4.78, 5) is 31.1. The van der Waals surface area contributed by atoms with Crippen molar-refractivity contribution in [2.45, 2.75) is 32.1 Å². The van der Waals surface area contributed by atoms with Crippen molar-refractivity contribution in [3.8, 4) is 5.75 Å². The number of carbonyl (C=O) groups excluding carboxylic acids is 2. The summed E-state index contributed by atoms with van der Waals surface area (Å²) in [5.41, 5.74) is 2.81. The molecule has 3 heterocycles. The van der Waals surface area contributed by atoms with Crippen LogP contribution in [0.15, 0.2) is 61.1 Å². The summed E-state index contributed by atoms with van der Waals surface area (Å²) >= 11 is 0. The number of rotatable bonds is 6. The summed E-state index contributed by atoms with van der Waals surface area (Å²) in [5, 5.41) is 0. The Morgan fingerprint density at radius 2 is 1.53 bits per heavy atom. The first kappa shape index (κ1) is 22.1. The lowest BCUT2D eigenvalue weighted by Crippen LogP contribution is -2.52. The van der Waals surface area contributed by atoms with E-state index in [2.05, 4.69) is 17.0 Å². The van der Waals surface area contributed by atoms with Gasteiger partial charge in [0, 0.05) is 43.3 Å². The smallest absolute Gasteiger partial charge is 0.331 e. The second-order valence-electron chi connectivity index (χ2n) is 8.77. The van der Waals surface area contributed by atoms with Crippen LogP contribution >= 0.6 is 0 Å². The number of amides is 3. The van der Waals surface area contributed by atoms with E-state index in [1.54, 1.807) is 24.5 Å². The predicted octanol–water partition coefficient (Wildman–Crippen LogP) is 4.11. The highest BCUT2D eigenvalue weighted by Gasteiger charge is 2.33. The molecule has 0 atom stereocenters. The molecule has 34 heavy (non-hydrogen) atoms. The highest BCUT2D eigenvalue weighted by atomic mass is 16.7. The molecule has 8 heteroatoms. The second kappa shape index (κ2) is 9.67. The van der Waals surface area contributed by atoms with E-state index in [1.807, 2.05) is 36.4 Å². The van der Waals surface area contributed by atoms with Gasteiger partial charge in [-0.2, -0.15) is 0 Å². The standard InChI is InChI=1S/C26H29N3O5/c1-32-23-8-2-19(3-9-23)18-29-24(30)12-15-28(26(29)31)22-6-4-21(5-7-22)27-13-10-20(11-14-27)25-33-16-17-34-25/h2-9,16-17,20,25H,10-15,18H2,1H3. The fourth-order valence-corrected chi connectivity index (χ4v) is 4.75. The Bertz CT molecular complexity index is 1040. The molecule has 8 nitrogen and oxygen atoms in total.